The molecule has 0 N–H and O–H groups in total. The van der Waals surface area contributed by atoms with Gasteiger partial charge in [0.05, 0.1) is 11.2 Å². The lowest BCUT2D eigenvalue weighted by Gasteiger charge is -2.32. The van der Waals surface area contributed by atoms with E-state index in [4.69, 9.17) is 9.31 Å². The molecule has 106 valence electrons. The van der Waals surface area contributed by atoms with Crippen LogP contribution in [0.5, 0.6) is 0 Å². The summed E-state index contributed by atoms with van der Waals surface area (Å²) in [6.45, 7) is 14.8. The first-order valence-corrected chi connectivity index (χ1v) is 7.69. The van der Waals surface area contributed by atoms with Gasteiger partial charge < -0.3 is 9.31 Å². The summed E-state index contributed by atoms with van der Waals surface area (Å²) >= 11 is 0. The Labute approximate surface area is 114 Å². The minimum atomic E-state index is -0.167. The first-order chi connectivity index (χ1) is 8.33. The van der Waals surface area contributed by atoms with Crippen molar-refractivity contribution < 1.29 is 9.31 Å². The molecular weight excluding hydrogens is 223 g/mol. The van der Waals surface area contributed by atoms with E-state index in [-0.39, 0.29) is 18.3 Å². The maximum Gasteiger partial charge on any atom is 0.464 e. The zero-order valence-corrected chi connectivity index (χ0v) is 13.4. The molecule has 0 aromatic rings. The monoisotopic (exact) mass is 254 g/mol. The van der Waals surface area contributed by atoms with Crippen molar-refractivity contribution in [1.82, 2.24) is 0 Å². The molecule has 0 amide bonds. The molecule has 1 aliphatic carbocycles. The fraction of sp³-hybridized carbons (Fsp3) is 1.00. The molecule has 0 atom stereocenters. The van der Waals surface area contributed by atoms with E-state index in [0.717, 1.165) is 0 Å². The van der Waals surface area contributed by atoms with Crippen LogP contribution in [0.4, 0.5) is 0 Å². The fourth-order valence-electron chi connectivity index (χ4n) is 2.39. The van der Waals surface area contributed by atoms with Crippen LogP contribution in [0.3, 0.4) is 0 Å². The second-order valence-corrected chi connectivity index (χ2v) is 6.55. The van der Waals surface area contributed by atoms with Crippen LogP contribution in [-0.4, -0.2) is 18.3 Å². The number of unbranched alkanes of at least 4 members (excludes halogenated alkanes) is 1. The minimum Gasteiger partial charge on any atom is -0.403 e. The molecule has 1 saturated carbocycles. The Morgan fingerprint density at radius 2 is 1.39 bits per heavy atom. The molecule has 0 aromatic carbocycles. The third kappa shape index (κ3) is 2.93. The Morgan fingerprint density at radius 3 is 1.72 bits per heavy atom. The third-order valence-electron chi connectivity index (χ3n) is 4.67. The summed E-state index contributed by atoms with van der Waals surface area (Å²) in [5, 5.41) is 0.348. The predicted molar refractivity (Wildman–Crippen MR) is 78.9 cm³/mol. The standard InChI is InChI=1S/C13H25BO2.C2H6/c1-6-7-8-13(9-10-13)14-15-11(2,3)12(4,5)16-14;1-2/h6-10H2,1-5H3;1-2H3. The Hall–Kier alpha value is -0.0151. The summed E-state index contributed by atoms with van der Waals surface area (Å²) in [6.07, 6.45) is 6.39. The maximum atomic E-state index is 6.17. The van der Waals surface area contributed by atoms with Crippen LogP contribution in [0.25, 0.3) is 0 Å². The molecule has 1 aliphatic heterocycles. The highest BCUT2D eigenvalue weighted by Crippen LogP contribution is 2.63. The van der Waals surface area contributed by atoms with Crippen molar-refractivity contribution in [2.45, 2.75) is 97.1 Å². The van der Waals surface area contributed by atoms with Crippen molar-refractivity contribution >= 4 is 7.12 Å². The van der Waals surface area contributed by atoms with Gasteiger partial charge in [0.15, 0.2) is 0 Å². The lowest BCUT2D eigenvalue weighted by atomic mass is 9.65. The van der Waals surface area contributed by atoms with Gasteiger partial charge >= 0.3 is 7.12 Å². The molecule has 1 saturated heterocycles. The summed E-state index contributed by atoms with van der Waals surface area (Å²) < 4.78 is 12.3. The molecular formula is C15H31BO2. The second-order valence-electron chi connectivity index (χ2n) is 6.55. The van der Waals surface area contributed by atoms with Gasteiger partial charge in [-0.3, -0.25) is 0 Å². The van der Waals surface area contributed by atoms with Crippen molar-refractivity contribution in [1.29, 1.82) is 0 Å². The molecule has 0 spiro atoms. The van der Waals surface area contributed by atoms with Crippen LogP contribution in [0.1, 0.15) is 80.6 Å². The number of hydrogen-bond acceptors (Lipinski definition) is 2. The van der Waals surface area contributed by atoms with E-state index in [2.05, 4.69) is 34.6 Å². The summed E-state index contributed by atoms with van der Waals surface area (Å²) in [4.78, 5) is 0. The van der Waals surface area contributed by atoms with Crippen molar-refractivity contribution in [2.24, 2.45) is 0 Å². The van der Waals surface area contributed by atoms with Crippen LogP contribution >= 0.6 is 0 Å². The first kappa shape index (κ1) is 16.0. The number of hydrogen-bond donors (Lipinski definition) is 0. The fourth-order valence-corrected chi connectivity index (χ4v) is 2.39. The quantitative estimate of drug-likeness (QED) is 0.669. The van der Waals surface area contributed by atoms with Crippen LogP contribution in [0, 0.1) is 0 Å². The lowest BCUT2D eigenvalue weighted by Crippen LogP contribution is -2.41. The molecule has 2 rings (SSSR count). The van der Waals surface area contributed by atoms with Gasteiger partial charge in [-0.2, -0.15) is 0 Å². The second kappa shape index (κ2) is 5.54. The van der Waals surface area contributed by atoms with Gasteiger partial charge in [-0.1, -0.05) is 33.6 Å². The van der Waals surface area contributed by atoms with Crippen LogP contribution in [-0.2, 0) is 9.31 Å². The van der Waals surface area contributed by atoms with E-state index in [0.29, 0.717) is 5.31 Å². The zero-order chi connectivity index (χ0) is 14.0. The van der Waals surface area contributed by atoms with E-state index in [1.165, 1.54) is 32.1 Å². The molecule has 3 heteroatoms. The van der Waals surface area contributed by atoms with Crippen molar-refractivity contribution in [3.63, 3.8) is 0 Å². The van der Waals surface area contributed by atoms with E-state index in [1.54, 1.807) is 0 Å². The van der Waals surface area contributed by atoms with Crippen LogP contribution in [0.2, 0.25) is 5.31 Å². The highest BCUT2D eigenvalue weighted by atomic mass is 16.7. The van der Waals surface area contributed by atoms with E-state index in [9.17, 15) is 0 Å². The van der Waals surface area contributed by atoms with Gasteiger partial charge in [-0.15, -0.1) is 0 Å². The van der Waals surface area contributed by atoms with Crippen molar-refractivity contribution in [3.8, 4) is 0 Å². The van der Waals surface area contributed by atoms with Gasteiger partial charge in [0.1, 0.15) is 0 Å². The molecule has 0 unspecified atom stereocenters. The van der Waals surface area contributed by atoms with E-state index < -0.39 is 0 Å². The largest absolute Gasteiger partial charge is 0.464 e. The van der Waals surface area contributed by atoms with Crippen molar-refractivity contribution in [3.05, 3.63) is 0 Å². The minimum absolute atomic E-state index is 0.0315. The first-order valence-electron chi connectivity index (χ1n) is 7.69. The Kier molecular flexibility index (Phi) is 4.94. The van der Waals surface area contributed by atoms with Gasteiger partial charge in [0.25, 0.3) is 0 Å². The highest BCUT2D eigenvalue weighted by Gasteiger charge is 2.63. The Bertz CT molecular complexity index is 254. The average molecular weight is 254 g/mol. The third-order valence-corrected chi connectivity index (χ3v) is 4.67. The summed E-state index contributed by atoms with van der Waals surface area (Å²) in [5.74, 6) is 0. The van der Waals surface area contributed by atoms with Crippen LogP contribution < -0.4 is 0 Å². The molecule has 2 nitrogen and oxygen atoms in total. The van der Waals surface area contributed by atoms with Crippen molar-refractivity contribution in [2.75, 3.05) is 0 Å². The maximum absolute atomic E-state index is 6.17. The molecule has 2 aliphatic rings. The van der Waals surface area contributed by atoms with E-state index in [1.807, 2.05) is 13.8 Å². The molecule has 1 heterocycles. The van der Waals surface area contributed by atoms with Gasteiger partial charge in [0.2, 0.25) is 0 Å². The summed E-state index contributed by atoms with van der Waals surface area (Å²) in [6, 6.07) is 0. The Morgan fingerprint density at radius 1 is 0.944 bits per heavy atom. The lowest BCUT2D eigenvalue weighted by molar-refractivity contribution is 0.00578. The molecule has 0 radical (unpaired) electrons. The normalized spacial score (nSPS) is 26.5. The topological polar surface area (TPSA) is 18.5 Å². The summed E-state index contributed by atoms with van der Waals surface area (Å²) in [5.41, 5.74) is -0.334. The van der Waals surface area contributed by atoms with E-state index >= 15 is 0 Å². The molecule has 0 bridgehead atoms. The molecule has 18 heavy (non-hydrogen) atoms. The zero-order valence-electron chi connectivity index (χ0n) is 13.4. The highest BCUT2D eigenvalue weighted by molar-refractivity contribution is 6.51. The smallest absolute Gasteiger partial charge is 0.403 e. The Balaban J connectivity index is 0.000000771. The summed E-state index contributed by atoms with van der Waals surface area (Å²) in [7, 11) is 0.0315. The molecule has 0 aromatic heterocycles. The average Bonchev–Trinajstić information content (AvgIpc) is 3.04. The SMILES string of the molecule is CC.CCCCC1(B2OC(C)(C)C(C)(C)O2)CC1. The molecule has 2 fully saturated rings. The van der Waals surface area contributed by atoms with Gasteiger partial charge in [-0.25, -0.2) is 0 Å². The predicted octanol–water partition coefficient (Wildman–Crippen LogP) is 4.83. The van der Waals surface area contributed by atoms with Gasteiger partial charge in [-0.05, 0) is 47.0 Å². The van der Waals surface area contributed by atoms with Gasteiger partial charge in [0, 0.05) is 5.31 Å². The van der Waals surface area contributed by atoms with Crippen LogP contribution in [0.15, 0.2) is 0 Å². The number of rotatable bonds is 4.